The fourth-order valence-corrected chi connectivity index (χ4v) is 1.81. The van der Waals surface area contributed by atoms with Crippen LogP contribution in [0.2, 0.25) is 0 Å². The minimum atomic E-state index is -1.28. The highest BCUT2D eigenvalue weighted by Gasteiger charge is 2.20. The van der Waals surface area contributed by atoms with E-state index in [2.05, 4.69) is 0 Å². The molecule has 0 bridgehead atoms. The Hall–Kier alpha value is -0.950. The van der Waals surface area contributed by atoms with Crippen molar-refractivity contribution in [2.45, 2.75) is 12.2 Å². The van der Waals surface area contributed by atoms with Gasteiger partial charge in [-0.2, -0.15) is 0 Å². The molecule has 1 heterocycles. The first-order valence-corrected chi connectivity index (χ1v) is 4.68. The first-order valence-electron chi connectivity index (χ1n) is 3.86. The standard InChI is InChI=1S/C8H10O5S/c9-3-4(10)7(11)5-1-2-6(14-5)8(12)13/h1-2,4,7,9-11H,3H2,(H,12,13). The molecule has 6 heteroatoms. The lowest BCUT2D eigenvalue weighted by Gasteiger charge is -2.12. The van der Waals surface area contributed by atoms with Gasteiger partial charge in [-0.1, -0.05) is 0 Å². The van der Waals surface area contributed by atoms with Gasteiger partial charge in [-0.15, -0.1) is 11.3 Å². The summed E-state index contributed by atoms with van der Waals surface area (Å²) < 4.78 is 0. The van der Waals surface area contributed by atoms with Crippen LogP contribution in [0.15, 0.2) is 12.1 Å². The Morgan fingerprint density at radius 3 is 2.50 bits per heavy atom. The van der Waals surface area contributed by atoms with Gasteiger partial charge in [0, 0.05) is 4.88 Å². The zero-order valence-electron chi connectivity index (χ0n) is 7.12. The van der Waals surface area contributed by atoms with Gasteiger partial charge < -0.3 is 20.4 Å². The van der Waals surface area contributed by atoms with Crippen molar-refractivity contribution in [3.63, 3.8) is 0 Å². The molecule has 0 aliphatic carbocycles. The van der Waals surface area contributed by atoms with Gasteiger partial charge in [0.05, 0.1) is 6.61 Å². The number of carbonyl (C=O) groups is 1. The molecule has 0 aliphatic heterocycles. The Morgan fingerprint density at radius 2 is 2.07 bits per heavy atom. The summed E-state index contributed by atoms with van der Waals surface area (Å²) in [6.45, 7) is -0.568. The van der Waals surface area contributed by atoms with Gasteiger partial charge in [0.25, 0.3) is 0 Å². The van der Waals surface area contributed by atoms with Crippen LogP contribution in [-0.4, -0.2) is 39.1 Å². The number of aliphatic hydroxyl groups is 3. The predicted molar refractivity (Wildman–Crippen MR) is 49.3 cm³/mol. The fourth-order valence-electron chi connectivity index (χ4n) is 0.916. The zero-order chi connectivity index (χ0) is 10.7. The third kappa shape index (κ3) is 2.30. The van der Waals surface area contributed by atoms with E-state index in [4.69, 9.17) is 15.3 Å². The van der Waals surface area contributed by atoms with Gasteiger partial charge in [-0.05, 0) is 12.1 Å². The number of carboxylic acid groups (broad SMARTS) is 1. The molecular formula is C8H10O5S. The quantitative estimate of drug-likeness (QED) is 0.562. The lowest BCUT2D eigenvalue weighted by molar-refractivity contribution is -0.0135. The fraction of sp³-hybridized carbons (Fsp3) is 0.375. The van der Waals surface area contributed by atoms with Crippen molar-refractivity contribution < 1.29 is 25.2 Å². The molecule has 1 aromatic rings. The Balaban J connectivity index is 2.81. The number of hydrogen-bond donors (Lipinski definition) is 4. The van der Waals surface area contributed by atoms with E-state index in [0.717, 1.165) is 11.3 Å². The van der Waals surface area contributed by atoms with Crippen LogP contribution < -0.4 is 0 Å². The minimum absolute atomic E-state index is 0.0872. The highest BCUT2D eigenvalue weighted by atomic mass is 32.1. The molecular weight excluding hydrogens is 208 g/mol. The van der Waals surface area contributed by atoms with Crippen molar-refractivity contribution in [3.05, 3.63) is 21.9 Å². The van der Waals surface area contributed by atoms with Crippen LogP contribution >= 0.6 is 11.3 Å². The van der Waals surface area contributed by atoms with Crippen molar-refractivity contribution >= 4 is 17.3 Å². The lowest BCUT2D eigenvalue weighted by Crippen LogP contribution is -2.21. The van der Waals surface area contributed by atoms with Gasteiger partial charge in [0.1, 0.15) is 17.1 Å². The molecule has 1 aromatic heterocycles. The van der Waals surface area contributed by atoms with E-state index >= 15 is 0 Å². The summed E-state index contributed by atoms with van der Waals surface area (Å²) >= 11 is 0.872. The molecule has 4 N–H and O–H groups in total. The summed E-state index contributed by atoms with van der Waals surface area (Å²) in [5.74, 6) is -1.08. The van der Waals surface area contributed by atoms with Gasteiger partial charge in [0.2, 0.25) is 0 Å². The van der Waals surface area contributed by atoms with E-state index in [0.29, 0.717) is 4.88 Å². The van der Waals surface area contributed by atoms with Crippen LogP contribution in [0.1, 0.15) is 20.7 Å². The average Bonchev–Trinajstić information content (AvgIpc) is 2.64. The van der Waals surface area contributed by atoms with E-state index in [1.165, 1.54) is 12.1 Å². The van der Waals surface area contributed by atoms with Crippen molar-refractivity contribution in [2.75, 3.05) is 6.61 Å². The molecule has 5 nitrogen and oxygen atoms in total. The van der Waals surface area contributed by atoms with E-state index < -0.39 is 24.8 Å². The van der Waals surface area contributed by atoms with Crippen molar-refractivity contribution in [3.8, 4) is 0 Å². The third-order valence-electron chi connectivity index (χ3n) is 1.68. The summed E-state index contributed by atoms with van der Waals surface area (Å²) in [5, 5.41) is 35.6. The van der Waals surface area contributed by atoms with Crippen LogP contribution in [0, 0.1) is 0 Å². The SMILES string of the molecule is O=C(O)c1ccc(C(O)C(O)CO)s1. The maximum atomic E-state index is 10.5. The largest absolute Gasteiger partial charge is 0.477 e. The molecule has 0 saturated heterocycles. The first-order chi connectivity index (χ1) is 6.56. The second kappa shape index (κ2) is 4.52. The molecule has 2 unspecified atom stereocenters. The molecule has 0 fully saturated rings. The van der Waals surface area contributed by atoms with Gasteiger partial charge in [0.15, 0.2) is 0 Å². The van der Waals surface area contributed by atoms with Crippen LogP contribution in [0.25, 0.3) is 0 Å². The van der Waals surface area contributed by atoms with Crippen molar-refractivity contribution in [1.29, 1.82) is 0 Å². The highest BCUT2D eigenvalue weighted by Crippen LogP contribution is 2.25. The maximum absolute atomic E-state index is 10.5. The smallest absolute Gasteiger partial charge is 0.345 e. The normalized spacial score (nSPS) is 15.1. The monoisotopic (exact) mass is 218 g/mol. The Morgan fingerprint density at radius 1 is 1.43 bits per heavy atom. The second-order valence-electron chi connectivity index (χ2n) is 2.70. The summed E-state index contributed by atoms with van der Waals surface area (Å²) in [6, 6.07) is 2.76. The molecule has 1 rings (SSSR count). The maximum Gasteiger partial charge on any atom is 0.345 e. The number of rotatable bonds is 4. The van der Waals surface area contributed by atoms with Crippen LogP contribution in [0.3, 0.4) is 0 Å². The summed E-state index contributed by atoms with van der Waals surface area (Å²) in [7, 11) is 0. The Labute approximate surface area is 83.9 Å². The second-order valence-corrected chi connectivity index (χ2v) is 3.82. The molecule has 14 heavy (non-hydrogen) atoms. The number of aromatic carboxylic acids is 1. The molecule has 2 atom stereocenters. The molecule has 0 aromatic carbocycles. The number of aliphatic hydroxyl groups excluding tert-OH is 3. The molecule has 78 valence electrons. The Kier molecular flexibility index (Phi) is 3.59. The zero-order valence-corrected chi connectivity index (χ0v) is 7.94. The molecule has 0 saturated carbocycles. The van der Waals surface area contributed by atoms with E-state index in [-0.39, 0.29) is 4.88 Å². The summed E-state index contributed by atoms with van der Waals surface area (Å²) in [4.78, 5) is 10.9. The Bertz CT molecular complexity index is 321. The highest BCUT2D eigenvalue weighted by molar-refractivity contribution is 7.14. The van der Waals surface area contributed by atoms with Gasteiger partial charge >= 0.3 is 5.97 Å². The minimum Gasteiger partial charge on any atom is -0.477 e. The van der Waals surface area contributed by atoms with Crippen LogP contribution in [-0.2, 0) is 0 Å². The average molecular weight is 218 g/mol. The summed E-state index contributed by atoms with van der Waals surface area (Å²) in [6.07, 6.45) is -2.52. The molecule has 0 spiro atoms. The topological polar surface area (TPSA) is 98.0 Å². The van der Waals surface area contributed by atoms with Crippen molar-refractivity contribution in [2.24, 2.45) is 0 Å². The summed E-state index contributed by atoms with van der Waals surface area (Å²) in [5.41, 5.74) is 0. The van der Waals surface area contributed by atoms with E-state index in [1.54, 1.807) is 0 Å². The van der Waals surface area contributed by atoms with Crippen LogP contribution in [0.5, 0.6) is 0 Å². The molecule has 0 aliphatic rings. The predicted octanol–water partition coefficient (Wildman–Crippen LogP) is -0.167. The van der Waals surface area contributed by atoms with Crippen LogP contribution in [0.4, 0.5) is 0 Å². The van der Waals surface area contributed by atoms with Gasteiger partial charge in [-0.3, -0.25) is 0 Å². The first kappa shape index (κ1) is 11.1. The number of hydrogen-bond acceptors (Lipinski definition) is 5. The lowest BCUT2D eigenvalue weighted by atomic mass is 10.2. The number of thiophene rings is 1. The third-order valence-corrected chi connectivity index (χ3v) is 2.82. The van der Waals surface area contributed by atoms with Gasteiger partial charge in [-0.25, -0.2) is 4.79 Å². The molecule has 0 amide bonds. The number of carboxylic acids is 1. The van der Waals surface area contributed by atoms with Crippen molar-refractivity contribution in [1.82, 2.24) is 0 Å². The van der Waals surface area contributed by atoms with E-state index in [1.807, 2.05) is 0 Å². The van der Waals surface area contributed by atoms with E-state index in [9.17, 15) is 9.90 Å². The molecule has 0 radical (unpaired) electrons.